The van der Waals surface area contributed by atoms with Gasteiger partial charge in [-0.1, -0.05) is 152 Å². The van der Waals surface area contributed by atoms with E-state index in [2.05, 4.69) is 187 Å². The van der Waals surface area contributed by atoms with Crippen LogP contribution in [0.4, 0.5) is 0 Å². The Morgan fingerprint density at radius 2 is 0.927 bits per heavy atom. The van der Waals surface area contributed by atoms with Crippen LogP contribution in [0, 0.1) is 0 Å². The largest absolute Gasteiger partial charge is 0.275 e. The van der Waals surface area contributed by atoms with Gasteiger partial charge in [0.2, 0.25) is 0 Å². The molecular formula is C51H32N4. The van der Waals surface area contributed by atoms with Crippen LogP contribution in [0.5, 0.6) is 0 Å². The molecule has 0 bridgehead atoms. The van der Waals surface area contributed by atoms with E-state index in [1.807, 2.05) is 12.1 Å². The number of fused-ring (bicyclic) bond motifs is 5. The second kappa shape index (κ2) is 12.6. The van der Waals surface area contributed by atoms with Gasteiger partial charge in [0.15, 0.2) is 5.82 Å². The number of imidazole rings is 1. The lowest BCUT2D eigenvalue weighted by Gasteiger charge is -2.18. The number of aromatic nitrogens is 4. The Balaban J connectivity index is 1.12. The first kappa shape index (κ1) is 31.1. The van der Waals surface area contributed by atoms with E-state index in [1.54, 1.807) is 0 Å². The van der Waals surface area contributed by atoms with E-state index in [0.29, 0.717) is 0 Å². The molecule has 0 N–H and O–H groups in total. The topological polar surface area (TPSA) is 43.6 Å². The van der Waals surface area contributed by atoms with Crippen LogP contribution >= 0.6 is 0 Å². The molecule has 3 aromatic heterocycles. The molecule has 4 nitrogen and oxygen atoms in total. The first-order chi connectivity index (χ1) is 27.3. The van der Waals surface area contributed by atoms with Crippen molar-refractivity contribution < 1.29 is 0 Å². The summed E-state index contributed by atoms with van der Waals surface area (Å²) in [6, 6.07) is 68.4. The summed E-state index contributed by atoms with van der Waals surface area (Å²) < 4.78 is 2.15. The van der Waals surface area contributed by atoms with Gasteiger partial charge in [0.25, 0.3) is 0 Å². The minimum Gasteiger partial charge on any atom is -0.275 e. The molecule has 0 spiro atoms. The number of hydrogen-bond donors (Lipinski definition) is 0. The van der Waals surface area contributed by atoms with Gasteiger partial charge in [-0.05, 0) is 96.7 Å². The van der Waals surface area contributed by atoms with E-state index in [9.17, 15) is 0 Å². The van der Waals surface area contributed by atoms with Gasteiger partial charge in [-0.2, -0.15) is 0 Å². The lowest BCUT2D eigenvalue weighted by molar-refractivity contribution is 1.02. The fourth-order valence-electron chi connectivity index (χ4n) is 8.33. The van der Waals surface area contributed by atoms with Crippen LogP contribution in [0.25, 0.3) is 105 Å². The number of pyridine rings is 2. The molecule has 11 rings (SSSR count). The van der Waals surface area contributed by atoms with E-state index >= 15 is 0 Å². The van der Waals surface area contributed by atoms with E-state index in [1.165, 1.54) is 43.4 Å². The van der Waals surface area contributed by atoms with Gasteiger partial charge in [0.1, 0.15) is 11.5 Å². The summed E-state index contributed by atoms with van der Waals surface area (Å²) in [5.74, 6) is 1.53. The summed E-state index contributed by atoms with van der Waals surface area (Å²) >= 11 is 0. The number of benzene rings is 8. The van der Waals surface area contributed by atoms with Crippen molar-refractivity contribution in [2.75, 3.05) is 0 Å². The smallest absolute Gasteiger partial charge is 0.165 e. The summed E-state index contributed by atoms with van der Waals surface area (Å²) in [5, 5.41) is 9.54. The molecule has 0 unspecified atom stereocenters. The van der Waals surface area contributed by atoms with Crippen LogP contribution in [0.1, 0.15) is 0 Å². The Kier molecular flexibility index (Phi) is 7.14. The third-order valence-electron chi connectivity index (χ3n) is 10.8. The third-order valence-corrected chi connectivity index (χ3v) is 10.8. The molecule has 4 heteroatoms. The molecule has 11 aromatic rings. The first-order valence-corrected chi connectivity index (χ1v) is 18.6. The van der Waals surface area contributed by atoms with Gasteiger partial charge in [-0.15, -0.1) is 0 Å². The van der Waals surface area contributed by atoms with Crippen molar-refractivity contribution in [1.82, 2.24) is 19.5 Å². The third kappa shape index (κ3) is 5.11. The van der Waals surface area contributed by atoms with E-state index in [-0.39, 0.29) is 0 Å². The van der Waals surface area contributed by atoms with Crippen LogP contribution < -0.4 is 0 Å². The molecule has 256 valence electrons. The predicted octanol–water partition coefficient (Wildman–Crippen LogP) is 13.1. The van der Waals surface area contributed by atoms with Crippen molar-refractivity contribution in [3.8, 4) is 51.0 Å². The number of rotatable bonds is 5. The minimum absolute atomic E-state index is 0.745. The van der Waals surface area contributed by atoms with Gasteiger partial charge in [0.05, 0.1) is 22.4 Å². The van der Waals surface area contributed by atoms with Crippen molar-refractivity contribution in [2.45, 2.75) is 0 Å². The zero-order chi connectivity index (χ0) is 36.3. The summed E-state index contributed by atoms with van der Waals surface area (Å²) in [5.41, 5.74) is 9.08. The lowest BCUT2D eigenvalue weighted by atomic mass is 9.87. The predicted molar refractivity (Wildman–Crippen MR) is 228 cm³/mol. The summed E-state index contributed by atoms with van der Waals surface area (Å²) in [6.07, 6.45) is 0. The van der Waals surface area contributed by atoms with Crippen LogP contribution in [-0.2, 0) is 0 Å². The zero-order valence-electron chi connectivity index (χ0n) is 29.8. The normalized spacial score (nSPS) is 11.6. The second-order valence-corrected chi connectivity index (χ2v) is 14.0. The molecule has 0 saturated carbocycles. The van der Waals surface area contributed by atoms with Crippen LogP contribution in [-0.4, -0.2) is 19.5 Å². The SMILES string of the molecule is c1cc(-c2cccc3ccccc23)nc(-c2nc3ccccc3n2-c2cccc(-c3c4ccccc4c(-c4ccc5ccccc5c4)c4ccccc34)n2)c1. The first-order valence-electron chi connectivity index (χ1n) is 18.6. The maximum atomic E-state index is 5.48. The molecule has 55 heavy (non-hydrogen) atoms. The molecule has 0 aliphatic rings. The van der Waals surface area contributed by atoms with Crippen molar-refractivity contribution in [3.05, 3.63) is 194 Å². The van der Waals surface area contributed by atoms with E-state index in [0.717, 1.165) is 61.7 Å². The van der Waals surface area contributed by atoms with Crippen LogP contribution in [0.15, 0.2) is 194 Å². The standard InChI is InChI=1S/C51H32N4/c1-2-16-35-32-36(31-30-33(35)14-1)49-39-19-5-7-21-41(39)50(42-22-8-6-20-40(42)49)45-26-13-29-48(53-45)55-47-28-10-9-24-44(47)54-51(55)46-27-12-25-43(52-46)38-23-11-17-34-15-3-4-18-37(34)38/h1-32H. The molecule has 0 fully saturated rings. The Morgan fingerprint density at radius 1 is 0.345 bits per heavy atom. The van der Waals surface area contributed by atoms with Gasteiger partial charge in [-0.3, -0.25) is 4.57 Å². The van der Waals surface area contributed by atoms with E-state index in [4.69, 9.17) is 15.0 Å². The fraction of sp³-hybridized carbons (Fsp3) is 0. The number of nitrogens with zero attached hydrogens (tertiary/aromatic N) is 4. The highest BCUT2D eigenvalue weighted by atomic mass is 15.1. The van der Waals surface area contributed by atoms with Gasteiger partial charge < -0.3 is 0 Å². The summed E-state index contributed by atoms with van der Waals surface area (Å²) in [4.78, 5) is 15.9. The Labute approximate surface area is 317 Å². The highest BCUT2D eigenvalue weighted by Crippen LogP contribution is 2.44. The van der Waals surface area contributed by atoms with E-state index < -0.39 is 0 Å². The molecular weight excluding hydrogens is 669 g/mol. The van der Waals surface area contributed by atoms with Crippen molar-refractivity contribution >= 4 is 54.1 Å². The second-order valence-electron chi connectivity index (χ2n) is 14.0. The van der Waals surface area contributed by atoms with Crippen molar-refractivity contribution in [2.24, 2.45) is 0 Å². The van der Waals surface area contributed by atoms with Crippen molar-refractivity contribution in [3.63, 3.8) is 0 Å². The van der Waals surface area contributed by atoms with Crippen molar-refractivity contribution in [1.29, 1.82) is 0 Å². The maximum Gasteiger partial charge on any atom is 0.165 e. The lowest BCUT2D eigenvalue weighted by Crippen LogP contribution is -2.03. The van der Waals surface area contributed by atoms with Crippen LogP contribution in [0.2, 0.25) is 0 Å². The molecule has 0 atom stereocenters. The molecule has 8 aromatic carbocycles. The maximum absolute atomic E-state index is 5.48. The summed E-state index contributed by atoms with van der Waals surface area (Å²) in [7, 11) is 0. The Hall–Kier alpha value is -7.43. The molecule has 0 radical (unpaired) electrons. The van der Waals surface area contributed by atoms with Gasteiger partial charge >= 0.3 is 0 Å². The molecule has 0 aliphatic heterocycles. The highest BCUT2D eigenvalue weighted by molar-refractivity contribution is 6.21. The monoisotopic (exact) mass is 700 g/mol. The molecule has 3 heterocycles. The fourth-order valence-corrected chi connectivity index (χ4v) is 8.33. The van der Waals surface area contributed by atoms with Gasteiger partial charge in [0, 0.05) is 11.1 Å². The number of hydrogen-bond acceptors (Lipinski definition) is 3. The summed E-state index contributed by atoms with van der Waals surface area (Å²) in [6.45, 7) is 0. The average Bonchev–Trinajstić information content (AvgIpc) is 3.65. The van der Waals surface area contributed by atoms with Crippen LogP contribution in [0.3, 0.4) is 0 Å². The van der Waals surface area contributed by atoms with Gasteiger partial charge in [-0.25, -0.2) is 15.0 Å². The average molecular weight is 701 g/mol. The zero-order valence-corrected chi connectivity index (χ0v) is 29.8. The molecule has 0 amide bonds. The highest BCUT2D eigenvalue weighted by Gasteiger charge is 2.21. The minimum atomic E-state index is 0.745. The number of para-hydroxylation sites is 2. The Morgan fingerprint density at radius 3 is 1.73 bits per heavy atom. The quantitative estimate of drug-likeness (QED) is 0.168. The molecule has 0 saturated heterocycles. The molecule has 0 aliphatic carbocycles. The Bertz CT molecular complexity index is 3220.